The van der Waals surface area contributed by atoms with Crippen LogP contribution in [0.5, 0.6) is 11.5 Å². The van der Waals surface area contributed by atoms with Gasteiger partial charge >= 0.3 is 0 Å². The van der Waals surface area contributed by atoms with Gasteiger partial charge in [-0.05, 0) is 44.0 Å². The molecule has 0 aliphatic carbocycles. The van der Waals surface area contributed by atoms with Crippen molar-refractivity contribution in [3.8, 4) is 11.5 Å². The smallest absolute Gasteiger partial charge is 0.257 e. The van der Waals surface area contributed by atoms with Gasteiger partial charge in [0.15, 0.2) is 0 Å². The molecule has 116 valence electrons. The fraction of sp³-hybridized carbons (Fsp3) is 0.562. The highest BCUT2D eigenvalue weighted by atomic mass is 16.5. The molecule has 1 unspecified atom stereocenters. The quantitative estimate of drug-likeness (QED) is 0.871. The van der Waals surface area contributed by atoms with Gasteiger partial charge in [-0.15, -0.1) is 0 Å². The van der Waals surface area contributed by atoms with Crippen LogP contribution in [-0.4, -0.2) is 49.2 Å². The van der Waals surface area contributed by atoms with Crippen LogP contribution in [0.4, 0.5) is 0 Å². The summed E-state index contributed by atoms with van der Waals surface area (Å²) >= 11 is 0. The Labute approximate surface area is 125 Å². The first-order valence-electron chi connectivity index (χ1n) is 7.47. The average molecular weight is 292 g/mol. The van der Waals surface area contributed by atoms with E-state index in [0.29, 0.717) is 18.3 Å². The number of rotatable bonds is 5. The van der Waals surface area contributed by atoms with Crippen LogP contribution in [0.1, 0.15) is 36.0 Å². The minimum Gasteiger partial charge on any atom is -0.507 e. The fourth-order valence-corrected chi connectivity index (χ4v) is 2.64. The molecule has 2 N–H and O–H groups in total. The lowest BCUT2D eigenvalue weighted by atomic mass is 10.0. The summed E-state index contributed by atoms with van der Waals surface area (Å²) in [4.78, 5) is 14.1. The number of nitrogens with one attached hydrogen (secondary N) is 1. The van der Waals surface area contributed by atoms with Gasteiger partial charge in [0, 0.05) is 19.6 Å². The molecule has 1 heterocycles. The normalized spacial score (nSPS) is 18.3. The Kier molecular flexibility index (Phi) is 5.44. The number of carbonyl (C=O) groups excluding carboxylic acids is 1. The number of amides is 1. The average Bonchev–Trinajstić information content (AvgIpc) is 2.53. The maximum atomic E-state index is 12.4. The Hall–Kier alpha value is -1.75. The third-order valence-corrected chi connectivity index (χ3v) is 4.01. The van der Waals surface area contributed by atoms with Gasteiger partial charge in [0.2, 0.25) is 0 Å². The van der Waals surface area contributed by atoms with E-state index in [1.165, 1.54) is 25.3 Å². The standard InChI is InChI=1S/C16H24N2O3/c1-18(10-8-12-5-3-4-9-17-12)16(20)14-11-13(21-2)6-7-15(14)19/h6-7,11-12,17,19H,3-5,8-10H2,1-2H3. The van der Waals surface area contributed by atoms with Crippen molar-refractivity contribution in [2.45, 2.75) is 31.7 Å². The van der Waals surface area contributed by atoms with Gasteiger partial charge in [-0.2, -0.15) is 0 Å². The lowest BCUT2D eigenvalue weighted by molar-refractivity contribution is 0.0784. The van der Waals surface area contributed by atoms with E-state index >= 15 is 0 Å². The minimum absolute atomic E-state index is 0.0107. The first-order valence-corrected chi connectivity index (χ1v) is 7.47. The summed E-state index contributed by atoms with van der Waals surface area (Å²) in [6.07, 6.45) is 4.61. The molecule has 1 aromatic carbocycles. The van der Waals surface area contributed by atoms with Crippen molar-refractivity contribution in [3.05, 3.63) is 23.8 Å². The van der Waals surface area contributed by atoms with Crippen LogP contribution in [0.15, 0.2) is 18.2 Å². The van der Waals surface area contributed by atoms with Gasteiger partial charge in [-0.3, -0.25) is 4.79 Å². The lowest BCUT2D eigenvalue weighted by Crippen LogP contribution is -2.38. The monoisotopic (exact) mass is 292 g/mol. The number of carbonyl (C=O) groups is 1. The van der Waals surface area contributed by atoms with Crippen LogP contribution in [0.3, 0.4) is 0 Å². The maximum Gasteiger partial charge on any atom is 0.257 e. The number of phenolic OH excluding ortho intramolecular Hbond substituents is 1. The summed E-state index contributed by atoms with van der Waals surface area (Å²) < 4.78 is 5.10. The van der Waals surface area contributed by atoms with Gasteiger partial charge in [0.05, 0.1) is 12.7 Å². The topological polar surface area (TPSA) is 61.8 Å². The molecule has 0 spiro atoms. The number of aromatic hydroxyl groups is 1. The zero-order valence-electron chi connectivity index (χ0n) is 12.8. The van der Waals surface area contributed by atoms with Gasteiger partial charge in [0.25, 0.3) is 5.91 Å². The van der Waals surface area contributed by atoms with E-state index in [1.807, 2.05) is 0 Å². The third-order valence-electron chi connectivity index (χ3n) is 4.01. The molecule has 21 heavy (non-hydrogen) atoms. The lowest BCUT2D eigenvalue weighted by Gasteiger charge is -2.26. The summed E-state index contributed by atoms with van der Waals surface area (Å²) in [6.45, 7) is 1.74. The molecule has 0 aromatic heterocycles. The van der Waals surface area contributed by atoms with E-state index in [4.69, 9.17) is 4.74 Å². The molecule has 0 bridgehead atoms. The number of methoxy groups -OCH3 is 1. The Balaban J connectivity index is 1.95. The number of benzene rings is 1. The number of hydrogen-bond donors (Lipinski definition) is 2. The Morgan fingerprint density at radius 2 is 2.29 bits per heavy atom. The van der Waals surface area contributed by atoms with E-state index < -0.39 is 0 Å². The fourth-order valence-electron chi connectivity index (χ4n) is 2.64. The van der Waals surface area contributed by atoms with Crippen LogP contribution >= 0.6 is 0 Å². The molecule has 1 aromatic rings. The van der Waals surface area contributed by atoms with E-state index in [0.717, 1.165) is 13.0 Å². The van der Waals surface area contributed by atoms with E-state index in [1.54, 1.807) is 31.2 Å². The summed E-state index contributed by atoms with van der Waals surface area (Å²) in [6, 6.07) is 5.20. The number of hydrogen-bond acceptors (Lipinski definition) is 4. The highest BCUT2D eigenvalue weighted by Gasteiger charge is 2.19. The van der Waals surface area contributed by atoms with Gasteiger partial charge in [0.1, 0.15) is 11.5 Å². The SMILES string of the molecule is COc1ccc(O)c(C(=O)N(C)CCC2CCCCN2)c1. The van der Waals surface area contributed by atoms with Crippen molar-refractivity contribution in [3.63, 3.8) is 0 Å². The summed E-state index contributed by atoms with van der Waals surface area (Å²) in [7, 11) is 3.31. The number of phenols is 1. The molecule has 1 amide bonds. The van der Waals surface area contributed by atoms with Crippen LogP contribution in [-0.2, 0) is 0 Å². The van der Waals surface area contributed by atoms with Gasteiger partial charge in [-0.1, -0.05) is 6.42 Å². The molecule has 1 aliphatic heterocycles. The van der Waals surface area contributed by atoms with Crippen LogP contribution in [0.25, 0.3) is 0 Å². The maximum absolute atomic E-state index is 12.4. The molecule has 0 radical (unpaired) electrons. The molecule has 2 rings (SSSR count). The van der Waals surface area contributed by atoms with Crippen molar-refractivity contribution in [2.75, 3.05) is 27.2 Å². The minimum atomic E-state index is -0.179. The molecule has 5 nitrogen and oxygen atoms in total. The van der Waals surface area contributed by atoms with E-state index in [-0.39, 0.29) is 17.2 Å². The molecule has 1 atom stereocenters. The molecule has 1 fully saturated rings. The highest BCUT2D eigenvalue weighted by Crippen LogP contribution is 2.24. The number of nitrogens with zero attached hydrogens (tertiary/aromatic N) is 1. The zero-order valence-corrected chi connectivity index (χ0v) is 12.8. The largest absolute Gasteiger partial charge is 0.507 e. The van der Waals surface area contributed by atoms with E-state index in [2.05, 4.69) is 5.32 Å². The molecular formula is C16H24N2O3. The van der Waals surface area contributed by atoms with Crippen molar-refractivity contribution < 1.29 is 14.6 Å². The van der Waals surface area contributed by atoms with Crippen LogP contribution in [0, 0.1) is 0 Å². The molecule has 0 saturated carbocycles. The summed E-state index contributed by atoms with van der Waals surface area (Å²) in [5.41, 5.74) is 0.286. The molecule has 1 saturated heterocycles. The first-order chi connectivity index (χ1) is 10.1. The number of ether oxygens (including phenoxy) is 1. The first kappa shape index (κ1) is 15.6. The number of piperidine rings is 1. The van der Waals surface area contributed by atoms with Crippen molar-refractivity contribution in [1.29, 1.82) is 0 Å². The molecule has 1 aliphatic rings. The van der Waals surface area contributed by atoms with Crippen molar-refractivity contribution >= 4 is 5.91 Å². The highest BCUT2D eigenvalue weighted by molar-refractivity contribution is 5.97. The Bertz CT molecular complexity index is 484. The molecule has 5 heteroatoms. The second-order valence-electron chi connectivity index (χ2n) is 5.55. The van der Waals surface area contributed by atoms with Crippen LogP contribution < -0.4 is 10.1 Å². The van der Waals surface area contributed by atoms with Crippen molar-refractivity contribution in [1.82, 2.24) is 10.2 Å². The molecular weight excluding hydrogens is 268 g/mol. The van der Waals surface area contributed by atoms with Gasteiger partial charge in [-0.25, -0.2) is 0 Å². The second kappa shape index (κ2) is 7.31. The van der Waals surface area contributed by atoms with E-state index in [9.17, 15) is 9.90 Å². The summed E-state index contributed by atoms with van der Waals surface area (Å²) in [5, 5.41) is 13.3. The van der Waals surface area contributed by atoms with Crippen molar-refractivity contribution in [2.24, 2.45) is 0 Å². The Morgan fingerprint density at radius 1 is 1.48 bits per heavy atom. The predicted molar refractivity (Wildman–Crippen MR) is 81.9 cm³/mol. The van der Waals surface area contributed by atoms with Gasteiger partial charge < -0.3 is 20.1 Å². The third kappa shape index (κ3) is 4.11. The Morgan fingerprint density at radius 3 is 2.95 bits per heavy atom. The second-order valence-corrected chi connectivity index (χ2v) is 5.55. The zero-order chi connectivity index (χ0) is 15.2. The predicted octanol–water partition coefficient (Wildman–Crippen LogP) is 2.00. The summed E-state index contributed by atoms with van der Waals surface area (Å²) in [5.74, 6) is 0.379. The van der Waals surface area contributed by atoms with Crippen LogP contribution in [0.2, 0.25) is 0 Å².